The molecule has 14 heavy (non-hydrogen) atoms. The number of aliphatic carboxylic acids is 1. The summed E-state index contributed by atoms with van der Waals surface area (Å²) in [5.74, 6) is -0.853. The van der Waals surface area contributed by atoms with E-state index >= 15 is 0 Å². The third-order valence-corrected chi connectivity index (χ3v) is 2.56. The van der Waals surface area contributed by atoms with Crippen LogP contribution in [0.1, 0.15) is 0 Å². The molecular formula is C8H5BrN2O3. The van der Waals surface area contributed by atoms with Crippen LogP contribution in [0.25, 0.3) is 0 Å². The molecule has 0 fully saturated rings. The summed E-state index contributed by atoms with van der Waals surface area (Å²) in [5.41, 5.74) is 0.230. The van der Waals surface area contributed by atoms with E-state index in [1.54, 1.807) is 0 Å². The number of nitrogens with zero attached hydrogens (tertiary/aromatic N) is 2. The van der Waals surface area contributed by atoms with E-state index in [9.17, 15) is 9.90 Å². The molecule has 0 saturated carbocycles. The number of aliphatic imine (C=N–C) groups is 2. The lowest BCUT2D eigenvalue weighted by atomic mass is 10.0. The van der Waals surface area contributed by atoms with Gasteiger partial charge in [0.1, 0.15) is 6.10 Å². The van der Waals surface area contributed by atoms with E-state index in [0.29, 0.717) is 4.48 Å². The molecule has 2 heterocycles. The largest absolute Gasteiger partial charge is 0.478 e. The topological polar surface area (TPSA) is 82.2 Å². The zero-order chi connectivity index (χ0) is 10.3. The van der Waals surface area contributed by atoms with Crippen molar-refractivity contribution in [1.82, 2.24) is 0 Å². The minimum atomic E-state index is -1.12. The van der Waals surface area contributed by atoms with Gasteiger partial charge < -0.3 is 10.2 Å². The van der Waals surface area contributed by atoms with E-state index in [1.165, 1.54) is 12.4 Å². The monoisotopic (exact) mass is 256 g/mol. The van der Waals surface area contributed by atoms with Crippen molar-refractivity contribution >= 4 is 33.9 Å². The van der Waals surface area contributed by atoms with Crippen LogP contribution in [0.2, 0.25) is 0 Å². The maximum absolute atomic E-state index is 10.8. The highest BCUT2D eigenvalue weighted by atomic mass is 79.9. The van der Waals surface area contributed by atoms with Gasteiger partial charge in [-0.05, 0) is 0 Å². The first-order chi connectivity index (χ1) is 6.61. The Morgan fingerprint density at radius 1 is 1.57 bits per heavy atom. The van der Waals surface area contributed by atoms with Gasteiger partial charge in [-0.15, -0.1) is 0 Å². The summed E-state index contributed by atoms with van der Waals surface area (Å²) >= 11 is 3.09. The zero-order valence-corrected chi connectivity index (χ0v) is 8.39. The molecule has 1 atom stereocenters. The Kier molecular flexibility index (Phi) is 2.09. The number of carbonyl (C=O) groups is 1. The van der Waals surface area contributed by atoms with E-state index in [0.717, 1.165) is 0 Å². The van der Waals surface area contributed by atoms with Crippen molar-refractivity contribution in [3.8, 4) is 0 Å². The summed E-state index contributed by atoms with van der Waals surface area (Å²) in [4.78, 5) is 18.4. The van der Waals surface area contributed by atoms with Gasteiger partial charge in [0.25, 0.3) is 0 Å². The van der Waals surface area contributed by atoms with Crippen LogP contribution in [-0.4, -0.2) is 34.3 Å². The highest BCUT2D eigenvalue weighted by molar-refractivity contribution is 9.11. The summed E-state index contributed by atoms with van der Waals surface area (Å²) < 4.78 is 0.431. The fourth-order valence-electron chi connectivity index (χ4n) is 1.26. The molecule has 0 aromatic rings. The van der Waals surface area contributed by atoms with Gasteiger partial charge in [0, 0.05) is 22.5 Å². The van der Waals surface area contributed by atoms with E-state index in [2.05, 4.69) is 25.9 Å². The Morgan fingerprint density at radius 2 is 2.29 bits per heavy atom. The number of aliphatic hydroxyl groups is 1. The Bertz CT molecular complexity index is 434. The Balaban J connectivity index is 2.55. The number of hydrogen-bond acceptors (Lipinski definition) is 4. The van der Waals surface area contributed by atoms with Crippen molar-refractivity contribution in [2.45, 2.75) is 6.10 Å². The SMILES string of the molecule is O=C(O)C1=C2C(=NC=C(Br)[C@H]2O)N=C1. The number of carboxylic acid groups (broad SMARTS) is 1. The summed E-state index contributed by atoms with van der Waals surface area (Å²) in [5, 5.41) is 18.5. The first kappa shape index (κ1) is 9.29. The van der Waals surface area contributed by atoms with Gasteiger partial charge in [0.05, 0.1) is 5.57 Å². The quantitative estimate of drug-likeness (QED) is 0.715. The molecule has 0 spiro atoms. The maximum atomic E-state index is 10.8. The first-order valence-corrected chi connectivity index (χ1v) is 4.54. The number of aliphatic hydroxyl groups excluding tert-OH is 1. The number of halogens is 1. The smallest absolute Gasteiger partial charge is 0.337 e. The van der Waals surface area contributed by atoms with Crippen LogP contribution in [0.15, 0.2) is 31.8 Å². The number of fused-ring (bicyclic) bond motifs is 1. The van der Waals surface area contributed by atoms with Gasteiger partial charge in [-0.3, -0.25) is 0 Å². The molecule has 2 aliphatic heterocycles. The van der Waals surface area contributed by atoms with Gasteiger partial charge in [0.15, 0.2) is 5.84 Å². The molecule has 0 radical (unpaired) electrons. The second-order valence-corrected chi connectivity index (χ2v) is 3.68. The number of hydrogen-bond donors (Lipinski definition) is 2. The van der Waals surface area contributed by atoms with Crippen LogP contribution in [0, 0.1) is 0 Å². The molecular weight excluding hydrogens is 252 g/mol. The Hall–Kier alpha value is -1.27. The molecule has 6 heteroatoms. The average Bonchev–Trinajstić information content (AvgIpc) is 2.55. The second kappa shape index (κ2) is 3.14. The van der Waals surface area contributed by atoms with Crippen molar-refractivity contribution in [1.29, 1.82) is 0 Å². The van der Waals surface area contributed by atoms with Gasteiger partial charge in [-0.25, -0.2) is 14.8 Å². The molecule has 0 unspecified atom stereocenters. The fourth-order valence-corrected chi connectivity index (χ4v) is 1.59. The lowest BCUT2D eigenvalue weighted by Gasteiger charge is -2.15. The number of carboxylic acids is 1. The average molecular weight is 257 g/mol. The molecule has 5 nitrogen and oxygen atoms in total. The van der Waals surface area contributed by atoms with E-state index in [-0.39, 0.29) is 17.0 Å². The van der Waals surface area contributed by atoms with E-state index in [1.807, 2.05) is 0 Å². The highest BCUT2D eigenvalue weighted by Crippen LogP contribution is 2.28. The van der Waals surface area contributed by atoms with E-state index in [4.69, 9.17) is 5.11 Å². The minimum Gasteiger partial charge on any atom is -0.478 e. The lowest BCUT2D eigenvalue weighted by Crippen LogP contribution is -2.21. The third kappa shape index (κ3) is 1.23. The van der Waals surface area contributed by atoms with Crippen molar-refractivity contribution in [2.24, 2.45) is 9.98 Å². The van der Waals surface area contributed by atoms with Crippen LogP contribution in [0.3, 0.4) is 0 Å². The molecule has 0 aromatic heterocycles. The molecule has 2 N–H and O–H groups in total. The molecule has 0 bridgehead atoms. The first-order valence-electron chi connectivity index (χ1n) is 3.74. The molecule has 0 amide bonds. The lowest BCUT2D eigenvalue weighted by molar-refractivity contribution is -0.132. The minimum absolute atomic E-state index is 0.0127. The van der Waals surface area contributed by atoms with Crippen molar-refractivity contribution in [3.63, 3.8) is 0 Å². The van der Waals surface area contributed by atoms with Crippen LogP contribution >= 0.6 is 15.9 Å². The molecule has 2 rings (SSSR count). The number of amidine groups is 1. The van der Waals surface area contributed by atoms with Crippen molar-refractivity contribution < 1.29 is 15.0 Å². The summed E-state index contributed by atoms with van der Waals surface area (Å²) in [6.07, 6.45) is 1.61. The standard InChI is InChI=1S/C8H5BrN2O3/c9-4-2-11-7-5(6(4)12)3(1-10-7)8(13)14/h1-2,6,12H,(H,13,14)/t6-/m1/s1. The van der Waals surface area contributed by atoms with Gasteiger partial charge in [0.2, 0.25) is 0 Å². The van der Waals surface area contributed by atoms with Gasteiger partial charge in [-0.2, -0.15) is 0 Å². The molecule has 0 saturated heterocycles. The fraction of sp³-hybridized carbons (Fsp3) is 0.125. The molecule has 72 valence electrons. The molecule has 0 aliphatic carbocycles. The molecule has 2 aliphatic rings. The number of rotatable bonds is 1. The third-order valence-electron chi connectivity index (χ3n) is 1.92. The van der Waals surface area contributed by atoms with Crippen LogP contribution in [0.4, 0.5) is 0 Å². The Labute approximate surface area is 87.3 Å². The Morgan fingerprint density at radius 3 is 2.93 bits per heavy atom. The van der Waals surface area contributed by atoms with Crippen molar-refractivity contribution in [2.75, 3.05) is 0 Å². The van der Waals surface area contributed by atoms with E-state index < -0.39 is 12.1 Å². The normalized spacial score (nSPS) is 24.6. The second-order valence-electron chi connectivity index (χ2n) is 2.76. The van der Waals surface area contributed by atoms with Gasteiger partial charge in [-0.1, -0.05) is 15.9 Å². The maximum Gasteiger partial charge on any atom is 0.337 e. The summed E-state index contributed by atoms with van der Waals surface area (Å²) in [7, 11) is 0. The predicted octanol–water partition coefficient (Wildman–Crippen LogP) is 0.461. The van der Waals surface area contributed by atoms with Crippen molar-refractivity contribution in [3.05, 3.63) is 21.8 Å². The molecule has 0 aromatic carbocycles. The van der Waals surface area contributed by atoms with Crippen LogP contribution in [0.5, 0.6) is 0 Å². The predicted molar refractivity (Wildman–Crippen MR) is 53.6 cm³/mol. The zero-order valence-electron chi connectivity index (χ0n) is 6.81. The van der Waals surface area contributed by atoms with Gasteiger partial charge >= 0.3 is 5.97 Å². The van der Waals surface area contributed by atoms with Crippen LogP contribution in [-0.2, 0) is 4.79 Å². The van der Waals surface area contributed by atoms with Crippen LogP contribution < -0.4 is 0 Å². The summed E-state index contributed by atoms with van der Waals surface area (Å²) in [6.45, 7) is 0. The highest BCUT2D eigenvalue weighted by Gasteiger charge is 2.31. The summed E-state index contributed by atoms with van der Waals surface area (Å²) in [6, 6.07) is 0.